The molecule has 0 saturated heterocycles. The molecule has 0 aromatic rings. The minimum absolute atomic E-state index is 0.272. The highest BCUT2D eigenvalue weighted by atomic mass is 32.2. The lowest BCUT2D eigenvalue weighted by Gasteiger charge is -2.13. The number of nitrogens with zero attached hydrogens (tertiary/aromatic N) is 2. The topological polar surface area (TPSA) is 59.0 Å². The van der Waals surface area contributed by atoms with Gasteiger partial charge in [0.15, 0.2) is 0 Å². The zero-order valence-corrected chi connectivity index (χ0v) is 18.1. The fourth-order valence-electron chi connectivity index (χ4n) is 3.11. The molecule has 1 rings (SSSR count). The fourth-order valence-corrected chi connectivity index (χ4v) is 4.07. The number of hydrogen-bond donors (Lipinski definition) is 0. The predicted molar refractivity (Wildman–Crippen MR) is 114 cm³/mol. The molecule has 0 N–H and O–H groups in total. The Labute approximate surface area is 167 Å². The molecule has 0 unspecified atom stereocenters. The summed E-state index contributed by atoms with van der Waals surface area (Å²) in [6.07, 6.45) is 23.4. The zero-order chi connectivity index (χ0) is 19.6. The lowest BCUT2D eigenvalue weighted by Crippen LogP contribution is -2.30. The maximum absolute atomic E-state index is 11.8. The van der Waals surface area contributed by atoms with Gasteiger partial charge in [0.05, 0.1) is 19.7 Å². The minimum atomic E-state index is -3.60. The number of aliphatic imine (C=N–C) groups is 1. The predicted octanol–water partition coefficient (Wildman–Crippen LogP) is 5.63. The first kappa shape index (κ1) is 24.2. The van der Waals surface area contributed by atoms with Crippen LogP contribution in [0.2, 0.25) is 0 Å². The van der Waals surface area contributed by atoms with Gasteiger partial charge < -0.3 is 0 Å². The average molecular weight is 401 g/mol. The second-order valence-electron chi connectivity index (χ2n) is 7.35. The van der Waals surface area contributed by atoms with Gasteiger partial charge in [0, 0.05) is 0 Å². The first-order valence-electron chi connectivity index (χ1n) is 11.0. The molecule has 27 heavy (non-hydrogen) atoms. The second kappa shape index (κ2) is 16.1. The van der Waals surface area contributed by atoms with E-state index in [1.807, 2.05) is 0 Å². The van der Waals surface area contributed by atoms with Crippen LogP contribution in [-0.2, 0) is 14.5 Å². The molecule has 0 aliphatic carbocycles. The van der Waals surface area contributed by atoms with Gasteiger partial charge in [0.1, 0.15) is 6.34 Å². The summed E-state index contributed by atoms with van der Waals surface area (Å²) in [5.74, 6) is 0. The summed E-state index contributed by atoms with van der Waals surface area (Å²) >= 11 is 0. The van der Waals surface area contributed by atoms with Gasteiger partial charge in [0.25, 0.3) is 0 Å². The van der Waals surface area contributed by atoms with E-state index in [-0.39, 0.29) is 6.61 Å². The molecule has 0 spiro atoms. The quantitative estimate of drug-likeness (QED) is 0.221. The number of unbranched alkanes of at least 4 members (excludes halogenated alkanes) is 12. The molecule has 0 saturated carbocycles. The van der Waals surface area contributed by atoms with Crippen LogP contribution in [0.5, 0.6) is 0 Å². The van der Waals surface area contributed by atoms with Gasteiger partial charge in [-0.2, -0.15) is 8.42 Å². The number of rotatable bonds is 18. The van der Waals surface area contributed by atoms with Gasteiger partial charge >= 0.3 is 10.3 Å². The highest BCUT2D eigenvalue weighted by Gasteiger charge is 2.21. The van der Waals surface area contributed by atoms with Gasteiger partial charge in [-0.05, 0) is 32.1 Å². The van der Waals surface area contributed by atoms with E-state index in [4.69, 9.17) is 4.18 Å². The summed E-state index contributed by atoms with van der Waals surface area (Å²) in [7, 11) is -3.60. The smallest absolute Gasteiger partial charge is 0.273 e. The Morgan fingerprint density at radius 2 is 1.44 bits per heavy atom. The lowest BCUT2D eigenvalue weighted by atomic mass is 10.1. The third-order valence-corrected chi connectivity index (χ3v) is 6.15. The van der Waals surface area contributed by atoms with Crippen molar-refractivity contribution in [1.29, 1.82) is 0 Å². The van der Waals surface area contributed by atoms with Crippen LogP contribution in [0.25, 0.3) is 0 Å². The summed E-state index contributed by atoms with van der Waals surface area (Å²) in [4.78, 5) is 3.90. The van der Waals surface area contributed by atoms with Crippen molar-refractivity contribution < 1.29 is 12.6 Å². The molecule has 0 radical (unpaired) electrons. The summed E-state index contributed by atoms with van der Waals surface area (Å²) < 4.78 is 29.8. The lowest BCUT2D eigenvalue weighted by molar-refractivity contribution is 0.286. The largest absolute Gasteiger partial charge is 0.363 e. The van der Waals surface area contributed by atoms with Gasteiger partial charge in [-0.25, -0.2) is 4.31 Å². The van der Waals surface area contributed by atoms with Crippen molar-refractivity contribution in [2.45, 2.75) is 96.8 Å². The Balaban J connectivity index is 1.81. The highest BCUT2D eigenvalue weighted by molar-refractivity contribution is 7.84. The Bertz CT molecular complexity index is 504. The first-order chi connectivity index (χ1) is 13.2. The van der Waals surface area contributed by atoms with Crippen molar-refractivity contribution >= 4 is 16.6 Å². The summed E-state index contributed by atoms with van der Waals surface area (Å²) in [5.41, 5.74) is 0. The Hall–Kier alpha value is -0.880. The molecule has 0 aromatic carbocycles. The molecule has 0 fully saturated rings. The molecule has 0 aromatic heterocycles. The van der Waals surface area contributed by atoms with Crippen LogP contribution in [-0.4, -0.2) is 38.8 Å². The van der Waals surface area contributed by atoms with E-state index in [1.54, 1.807) is 0 Å². The molecule has 1 aliphatic rings. The van der Waals surface area contributed by atoms with E-state index in [0.29, 0.717) is 13.1 Å². The average Bonchev–Trinajstić information content (AvgIpc) is 3.20. The molecule has 0 atom stereocenters. The maximum Gasteiger partial charge on any atom is 0.363 e. The molecule has 5 nitrogen and oxygen atoms in total. The summed E-state index contributed by atoms with van der Waals surface area (Å²) in [6.45, 7) is 3.46. The number of hydrogen-bond acceptors (Lipinski definition) is 4. The molecule has 1 heterocycles. The minimum Gasteiger partial charge on any atom is -0.273 e. The molecule has 0 amide bonds. The monoisotopic (exact) mass is 400 g/mol. The maximum atomic E-state index is 11.8. The summed E-state index contributed by atoms with van der Waals surface area (Å²) in [6, 6.07) is 0. The number of allylic oxidation sites excluding steroid dienone is 2. The van der Waals surface area contributed by atoms with Crippen LogP contribution in [0.3, 0.4) is 0 Å². The van der Waals surface area contributed by atoms with Crippen LogP contribution in [0, 0.1) is 0 Å². The molecule has 158 valence electrons. The van der Waals surface area contributed by atoms with E-state index in [1.165, 1.54) is 81.3 Å². The van der Waals surface area contributed by atoms with E-state index in [2.05, 4.69) is 24.1 Å². The van der Waals surface area contributed by atoms with Gasteiger partial charge in [-0.3, -0.25) is 9.18 Å². The van der Waals surface area contributed by atoms with E-state index in [0.717, 1.165) is 19.3 Å². The van der Waals surface area contributed by atoms with E-state index < -0.39 is 10.3 Å². The zero-order valence-electron chi connectivity index (χ0n) is 17.3. The molecule has 0 bridgehead atoms. The van der Waals surface area contributed by atoms with Gasteiger partial charge in [-0.1, -0.05) is 76.9 Å². The summed E-state index contributed by atoms with van der Waals surface area (Å²) in [5, 5.41) is 0. The SMILES string of the molecule is CCCCCCCC/C=C\CCCCCCCCOS(=O)(=O)N1C=NCC1. The van der Waals surface area contributed by atoms with Gasteiger partial charge in [-0.15, -0.1) is 0 Å². The van der Waals surface area contributed by atoms with Crippen molar-refractivity contribution in [3.8, 4) is 0 Å². The fraction of sp³-hybridized carbons (Fsp3) is 0.857. The third-order valence-electron chi connectivity index (χ3n) is 4.84. The van der Waals surface area contributed by atoms with E-state index >= 15 is 0 Å². The molecular formula is C21H40N2O3S. The van der Waals surface area contributed by atoms with Crippen molar-refractivity contribution in [3.63, 3.8) is 0 Å². The van der Waals surface area contributed by atoms with Crippen LogP contribution in [0.1, 0.15) is 96.8 Å². The first-order valence-corrected chi connectivity index (χ1v) is 12.3. The van der Waals surface area contributed by atoms with Crippen LogP contribution in [0.4, 0.5) is 0 Å². The van der Waals surface area contributed by atoms with Crippen molar-refractivity contribution in [2.24, 2.45) is 4.99 Å². The third kappa shape index (κ3) is 13.0. The Morgan fingerprint density at radius 1 is 0.889 bits per heavy atom. The standard InChI is InChI=1S/C21H40N2O3S/c1-2-3-4-5-6-7-8-9-10-11-12-13-14-15-16-17-20-26-27(24,25)23-19-18-22-21-23/h9-10,21H,2-8,11-20H2,1H3/b10-9-. The van der Waals surface area contributed by atoms with Crippen LogP contribution >= 0.6 is 0 Å². The van der Waals surface area contributed by atoms with Crippen molar-refractivity contribution in [1.82, 2.24) is 4.31 Å². The Kier molecular flexibility index (Phi) is 14.4. The molecule has 1 aliphatic heterocycles. The van der Waals surface area contributed by atoms with Crippen LogP contribution < -0.4 is 0 Å². The van der Waals surface area contributed by atoms with E-state index in [9.17, 15) is 8.42 Å². The molecule has 6 heteroatoms. The Morgan fingerprint density at radius 3 is 2.00 bits per heavy atom. The van der Waals surface area contributed by atoms with Gasteiger partial charge in [0.2, 0.25) is 0 Å². The van der Waals surface area contributed by atoms with Crippen molar-refractivity contribution in [3.05, 3.63) is 12.2 Å². The van der Waals surface area contributed by atoms with Crippen LogP contribution in [0.15, 0.2) is 17.1 Å². The normalized spacial score (nSPS) is 14.6. The highest BCUT2D eigenvalue weighted by Crippen LogP contribution is 2.11. The second-order valence-corrected chi connectivity index (χ2v) is 8.91. The van der Waals surface area contributed by atoms with Crippen molar-refractivity contribution in [2.75, 3.05) is 19.7 Å². The molecular weight excluding hydrogens is 360 g/mol.